The van der Waals surface area contributed by atoms with Crippen LogP contribution in [0.2, 0.25) is 0 Å². The van der Waals surface area contributed by atoms with E-state index >= 15 is 0 Å². The summed E-state index contributed by atoms with van der Waals surface area (Å²) in [6.45, 7) is 2.32. The highest BCUT2D eigenvalue weighted by Gasteiger charge is 2.16. The van der Waals surface area contributed by atoms with Crippen molar-refractivity contribution in [1.82, 2.24) is 5.48 Å². The smallest absolute Gasteiger partial charge is 0.321 e. The lowest BCUT2D eigenvalue weighted by Crippen LogP contribution is -2.26. The Balaban J connectivity index is 3.71. The molecule has 0 aromatic carbocycles. The van der Waals surface area contributed by atoms with Crippen molar-refractivity contribution in [3.05, 3.63) is 0 Å². The van der Waals surface area contributed by atoms with E-state index in [4.69, 9.17) is 5.11 Å². The van der Waals surface area contributed by atoms with Crippen LogP contribution in [0.1, 0.15) is 19.8 Å². The van der Waals surface area contributed by atoms with Gasteiger partial charge in [-0.25, -0.2) is 0 Å². The van der Waals surface area contributed by atoms with Crippen LogP contribution in [-0.2, 0) is 19.2 Å². The standard InChI is InChI=1S/C6H13NO5S/c1-2-3-4-7-12-13(10,11)5-6(8)9/h7H,2-5H2,1H3,(H,8,9). The fourth-order valence-electron chi connectivity index (χ4n) is 0.561. The predicted octanol–water partition coefficient (Wildman–Crippen LogP) is -0.278. The number of nitrogens with one attached hydrogen (secondary N) is 1. The number of carbonyl (C=O) groups is 1. The average molecular weight is 211 g/mol. The van der Waals surface area contributed by atoms with Crippen LogP contribution in [0, 0.1) is 0 Å². The normalized spacial score (nSPS) is 11.5. The van der Waals surface area contributed by atoms with Gasteiger partial charge < -0.3 is 5.11 Å². The Hall–Kier alpha value is -0.660. The quantitative estimate of drug-likeness (QED) is 0.444. The summed E-state index contributed by atoms with van der Waals surface area (Å²) in [7, 11) is -3.97. The van der Waals surface area contributed by atoms with Gasteiger partial charge in [-0.05, 0) is 6.42 Å². The Morgan fingerprint density at radius 2 is 2.15 bits per heavy atom. The second-order valence-corrected chi connectivity index (χ2v) is 4.00. The van der Waals surface area contributed by atoms with Crippen LogP contribution in [0.4, 0.5) is 0 Å². The van der Waals surface area contributed by atoms with Gasteiger partial charge in [-0.3, -0.25) is 4.79 Å². The van der Waals surface area contributed by atoms with Crippen LogP contribution in [0.3, 0.4) is 0 Å². The van der Waals surface area contributed by atoms with E-state index < -0.39 is 21.8 Å². The van der Waals surface area contributed by atoms with Crippen LogP contribution in [0.15, 0.2) is 0 Å². The van der Waals surface area contributed by atoms with Crippen molar-refractivity contribution in [3.8, 4) is 0 Å². The second kappa shape index (κ2) is 5.90. The maximum absolute atomic E-state index is 10.7. The van der Waals surface area contributed by atoms with E-state index in [1.807, 2.05) is 6.92 Å². The number of carboxylic acids is 1. The summed E-state index contributed by atoms with van der Waals surface area (Å²) in [6, 6.07) is 0. The molecule has 0 aromatic rings. The summed E-state index contributed by atoms with van der Waals surface area (Å²) in [5, 5.41) is 8.16. The van der Waals surface area contributed by atoms with Crippen LogP contribution >= 0.6 is 0 Å². The molecule has 0 fully saturated rings. The first-order valence-electron chi connectivity index (χ1n) is 3.83. The van der Waals surface area contributed by atoms with Crippen LogP contribution < -0.4 is 5.48 Å². The van der Waals surface area contributed by atoms with Gasteiger partial charge in [-0.1, -0.05) is 13.3 Å². The van der Waals surface area contributed by atoms with Crippen molar-refractivity contribution in [2.45, 2.75) is 19.8 Å². The average Bonchev–Trinajstić information content (AvgIpc) is 1.95. The zero-order valence-corrected chi connectivity index (χ0v) is 8.13. The number of hydrogen-bond donors (Lipinski definition) is 2. The summed E-state index contributed by atoms with van der Waals surface area (Å²) in [4.78, 5) is 10.0. The van der Waals surface area contributed by atoms with Crippen molar-refractivity contribution in [3.63, 3.8) is 0 Å². The van der Waals surface area contributed by atoms with Crippen molar-refractivity contribution >= 4 is 16.1 Å². The molecule has 78 valence electrons. The molecule has 0 rings (SSSR count). The third kappa shape index (κ3) is 7.69. The topological polar surface area (TPSA) is 92.7 Å². The number of unbranched alkanes of at least 4 members (excludes halogenated alkanes) is 1. The molecule has 0 radical (unpaired) electrons. The highest BCUT2D eigenvalue weighted by molar-refractivity contribution is 7.87. The minimum Gasteiger partial charge on any atom is -0.480 e. The molecule has 0 saturated carbocycles. The van der Waals surface area contributed by atoms with Crippen molar-refractivity contribution in [2.24, 2.45) is 0 Å². The Morgan fingerprint density at radius 1 is 1.54 bits per heavy atom. The lowest BCUT2D eigenvalue weighted by Gasteiger charge is -2.03. The van der Waals surface area contributed by atoms with E-state index in [0.29, 0.717) is 6.54 Å². The highest BCUT2D eigenvalue weighted by atomic mass is 32.2. The van der Waals surface area contributed by atoms with E-state index in [-0.39, 0.29) is 0 Å². The Morgan fingerprint density at radius 3 is 2.62 bits per heavy atom. The molecule has 0 aliphatic rings. The van der Waals surface area contributed by atoms with Gasteiger partial charge in [0.05, 0.1) is 0 Å². The summed E-state index contributed by atoms with van der Waals surface area (Å²) in [5.41, 5.74) is 2.18. The predicted molar refractivity (Wildman–Crippen MR) is 45.4 cm³/mol. The fourth-order valence-corrected chi connectivity index (χ4v) is 1.19. The first-order chi connectivity index (χ1) is 5.98. The van der Waals surface area contributed by atoms with Gasteiger partial charge in [0.25, 0.3) is 10.1 Å². The molecular weight excluding hydrogens is 198 g/mol. The molecule has 0 aliphatic carbocycles. The highest BCUT2D eigenvalue weighted by Crippen LogP contribution is 1.90. The van der Waals surface area contributed by atoms with Crippen LogP contribution in [-0.4, -0.2) is 31.8 Å². The SMILES string of the molecule is CCCCNOS(=O)(=O)CC(=O)O. The molecule has 7 heteroatoms. The van der Waals surface area contributed by atoms with Crippen LogP contribution in [0.5, 0.6) is 0 Å². The van der Waals surface area contributed by atoms with E-state index in [2.05, 4.69) is 9.76 Å². The monoisotopic (exact) mass is 211 g/mol. The Kier molecular flexibility index (Phi) is 5.60. The molecule has 2 N–H and O–H groups in total. The molecule has 6 nitrogen and oxygen atoms in total. The molecule has 0 aromatic heterocycles. The third-order valence-corrected chi connectivity index (χ3v) is 2.09. The Labute approximate surface area is 77.0 Å². The van der Waals surface area contributed by atoms with E-state index in [1.54, 1.807) is 0 Å². The first kappa shape index (κ1) is 12.3. The molecule has 0 unspecified atom stereocenters. The van der Waals surface area contributed by atoms with Gasteiger partial charge in [0.2, 0.25) is 0 Å². The third-order valence-electron chi connectivity index (χ3n) is 1.12. The van der Waals surface area contributed by atoms with Gasteiger partial charge in [0, 0.05) is 6.54 Å². The minimum atomic E-state index is -3.97. The summed E-state index contributed by atoms with van der Waals surface area (Å²) >= 11 is 0. The minimum absolute atomic E-state index is 0.384. The number of carboxylic acid groups (broad SMARTS) is 1. The van der Waals surface area contributed by atoms with Crippen LogP contribution in [0.25, 0.3) is 0 Å². The van der Waals surface area contributed by atoms with E-state index in [9.17, 15) is 13.2 Å². The molecule has 0 bridgehead atoms. The number of aliphatic carboxylic acids is 1. The van der Waals surface area contributed by atoms with Gasteiger partial charge in [-0.15, -0.1) is 0 Å². The van der Waals surface area contributed by atoms with Crippen molar-refractivity contribution in [2.75, 3.05) is 12.3 Å². The summed E-state index contributed by atoms with van der Waals surface area (Å²) in [6.07, 6.45) is 1.66. The largest absolute Gasteiger partial charge is 0.480 e. The van der Waals surface area contributed by atoms with Gasteiger partial charge >= 0.3 is 5.97 Å². The number of hydrogen-bond acceptors (Lipinski definition) is 5. The van der Waals surface area contributed by atoms with Gasteiger partial charge in [0.1, 0.15) is 0 Å². The molecular formula is C6H13NO5S. The number of rotatable bonds is 7. The van der Waals surface area contributed by atoms with Gasteiger partial charge in [0.15, 0.2) is 5.75 Å². The lowest BCUT2D eigenvalue weighted by atomic mass is 10.3. The maximum Gasteiger partial charge on any atom is 0.321 e. The van der Waals surface area contributed by atoms with Crippen molar-refractivity contribution in [1.29, 1.82) is 0 Å². The Bertz CT molecular complexity index is 248. The molecule has 13 heavy (non-hydrogen) atoms. The molecule has 0 spiro atoms. The first-order valence-corrected chi connectivity index (χ1v) is 5.41. The molecule has 0 amide bonds. The van der Waals surface area contributed by atoms with Gasteiger partial charge in [-0.2, -0.15) is 18.2 Å². The van der Waals surface area contributed by atoms with E-state index in [1.165, 1.54) is 0 Å². The zero-order chi connectivity index (χ0) is 10.3. The summed E-state index contributed by atoms with van der Waals surface area (Å²) < 4.78 is 25.7. The second-order valence-electron chi connectivity index (χ2n) is 2.43. The maximum atomic E-state index is 10.7. The lowest BCUT2D eigenvalue weighted by molar-refractivity contribution is -0.134. The zero-order valence-electron chi connectivity index (χ0n) is 7.32. The van der Waals surface area contributed by atoms with E-state index in [0.717, 1.165) is 12.8 Å². The molecule has 0 saturated heterocycles. The molecule has 0 aliphatic heterocycles. The summed E-state index contributed by atoms with van der Waals surface area (Å²) in [5.74, 6) is -2.45. The number of hydroxylamine groups is 1. The fraction of sp³-hybridized carbons (Fsp3) is 0.833. The molecule has 0 atom stereocenters. The van der Waals surface area contributed by atoms with Crippen molar-refractivity contribution < 1.29 is 22.6 Å². The molecule has 0 heterocycles.